The summed E-state index contributed by atoms with van der Waals surface area (Å²) >= 11 is 0. The second kappa shape index (κ2) is 8.08. The van der Waals surface area contributed by atoms with Crippen LogP contribution in [0.2, 0.25) is 0 Å². The van der Waals surface area contributed by atoms with Crippen molar-refractivity contribution in [2.75, 3.05) is 0 Å². The molecule has 0 saturated heterocycles. The largest absolute Gasteiger partial charge is 0.467 e. The van der Waals surface area contributed by atoms with Gasteiger partial charge in [-0.3, -0.25) is 9.59 Å². The fraction of sp³-hybridized carbons (Fsp3) is 0.300. The summed E-state index contributed by atoms with van der Waals surface area (Å²) in [6.07, 6.45) is 0.538. The van der Waals surface area contributed by atoms with Crippen LogP contribution in [0.4, 0.5) is 0 Å². The van der Waals surface area contributed by atoms with E-state index >= 15 is 0 Å². The van der Waals surface area contributed by atoms with Gasteiger partial charge in [-0.1, -0.05) is 0 Å². The van der Waals surface area contributed by atoms with Crippen molar-refractivity contribution in [3.63, 3.8) is 0 Å². The number of rotatable bonds is 6. The summed E-state index contributed by atoms with van der Waals surface area (Å²) in [5.74, 6) is -0.472. The van der Waals surface area contributed by atoms with E-state index in [9.17, 15) is 14.4 Å². The molecule has 8 heteroatoms. The van der Waals surface area contributed by atoms with E-state index in [1.807, 2.05) is 6.92 Å². The summed E-state index contributed by atoms with van der Waals surface area (Å²) in [5, 5.41) is 2.64. The minimum atomic E-state index is -0.975. The normalized spacial score (nSPS) is 12.0. The number of esters is 1. The molecule has 146 valence electrons. The van der Waals surface area contributed by atoms with Crippen molar-refractivity contribution in [3.8, 4) is 0 Å². The summed E-state index contributed by atoms with van der Waals surface area (Å²) in [5.41, 5.74) is 1.60. The van der Waals surface area contributed by atoms with Crippen LogP contribution in [-0.2, 0) is 22.6 Å². The summed E-state index contributed by atoms with van der Waals surface area (Å²) < 4.78 is 12.0. The maximum absolute atomic E-state index is 12.4. The Hall–Kier alpha value is -3.42. The zero-order valence-electron chi connectivity index (χ0n) is 15.9. The van der Waals surface area contributed by atoms with Gasteiger partial charge in [0.25, 0.3) is 11.5 Å². The molecule has 0 aliphatic carbocycles. The number of benzene rings is 1. The lowest BCUT2D eigenvalue weighted by Crippen LogP contribution is -2.35. The summed E-state index contributed by atoms with van der Waals surface area (Å²) in [4.78, 5) is 41.0. The number of nitrogens with one attached hydrogen (secondary N) is 1. The van der Waals surface area contributed by atoms with Crippen molar-refractivity contribution in [2.45, 2.75) is 40.0 Å². The molecular formula is C20H21N3O5. The van der Waals surface area contributed by atoms with Gasteiger partial charge in [-0.25, -0.2) is 9.78 Å². The first-order valence-electron chi connectivity index (χ1n) is 8.93. The fourth-order valence-corrected chi connectivity index (χ4v) is 2.83. The lowest BCUT2D eigenvalue weighted by molar-refractivity contribution is -0.129. The molecule has 0 unspecified atom stereocenters. The molecule has 2 heterocycles. The van der Waals surface area contributed by atoms with Crippen LogP contribution < -0.4 is 10.9 Å². The van der Waals surface area contributed by atoms with E-state index in [2.05, 4.69) is 10.3 Å². The van der Waals surface area contributed by atoms with Crippen LogP contribution in [0.3, 0.4) is 0 Å². The molecule has 28 heavy (non-hydrogen) atoms. The van der Waals surface area contributed by atoms with Crippen LogP contribution in [0.15, 0.2) is 45.8 Å². The van der Waals surface area contributed by atoms with Gasteiger partial charge in [-0.05, 0) is 51.1 Å². The Morgan fingerprint density at radius 2 is 2.11 bits per heavy atom. The van der Waals surface area contributed by atoms with Gasteiger partial charge in [0.15, 0.2) is 6.10 Å². The third-order valence-corrected chi connectivity index (χ3v) is 4.33. The topological polar surface area (TPSA) is 103 Å². The molecule has 0 aliphatic heterocycles. The van der Waals surface area contributed by atoms with E-state index < -0.39 is 18.0 Å². The highest BCUT2D eigenvalue weighted by Gasteiger charge is 2.20. The quantitative estimate of drug-likeness (QED) is 0.655. The maximum atomic E-state index is 12.4. The molecule has 0 fully saturated rings. The molecule has 2 aromatic heterocycles. The predicted molar refractivity (Wildman–Crippen MR) is 102 cm³/mol. The average Bonchev–Trinajstić information content (AvgIpc) is 3.20. The molecule has 8 nitrogen and oxygen atoms in total. The van der Waals surface area contributed by atoms with Crippen molar-refractivity contribution >= 4 is 22.9 Å². The third-order valence-electron chi connectivity index (χ3n) is 4.33. The predicted octanol–water partition coefficient (Wildman–Crippen LogP) is 2.18. The number of carbonyl (C=O) groups is 2. The molecule has 0 bridgehead atoms. The van der Waals surface area contributed by atoms with Gasteiger partial charge in [0.1, 0.15) is 11.5 Å². The number of ether oxygens (including phenoxy) is 1. The second-order valence-electron chi connectivity index (χ2n) is 6.29. The standard InChI is InChI=1S/C20H21N3O5/c1-4-23-17-8-7-14(10-16(17)22-12(2)19(23)25)20(26)28-13(3)18(24)21-11-15-6-5-9-27-15/h5-10,13H,4,11H2,1-3H3,(H,21,24)/t13-/m1/s1. The first-order valence-corrected chi connectivity index (χ1v) is 8.93. The molecule has 3 aromatic rings. The summed E-state index contributed by atoms with van der Waals surface area (Å²) in [6.45, 7) is 5.69. The van der Waals surface area contributed by atoms with Crippen molar-refractivity contribution < 1.29 is 18.7 Å². The minimum Gasteiger partial charge on any atom is -0.467 e. The number of carbonyl (C=O) groups excluding carboxylic acids is 2. The first-order chi connectivity index (χ1) is 13.4. The molecule has 1 N–H and O–H groups in total. The molecule has 0 spiro atoms. The Kier molecular flexibility index (Phi) is 5.58. The monoisotopic (exact) mass is 383 g/mol. The minimum absolute atomic E-state index is 0.160. The van der Waals surface area contributed by atoms with Crippen LogP contribution in [0.1, 0.15) is 35.7 Å². The highest BCUT2D eigenvalue weighted by Crippen LogP contribution is 2.15. The van der Waals surface area contributed by atoms with Crippen molar-refractivity contribution in [1.29, 1.82) is 0 Å². The van der Waals surface area contributed by atoms with Gasteiger partial charge >= 0.3 is 5.97 Å². The number of hydrogen-bond donors (Lipinski definition) is 1. The van der Waals surface area contributed by atoms with Gasteiger partial charge in [-0.15, -0.1) is 0 Å². The summed E-state index contributed by atoms with van der Waals surface area (Å²) in [6, 6.07) is 8.23. The molecule has 1 aromatic carbocycles. The lowest BCUT2D eigenvalue weighted by Gasteiger charge is -2.14. The van der Waals surface area contributed by atoms with Crippen LogP contribution in [0, 0.1) is 6.92 Å². The zero-order valence-corrected chi connectivity index (χ0v) is 15.9. The third kappa shape index (κ3) is 3.95. The van der Waals surface area contributed by atoms with E-state index in [4.69, 9.17) is 9.15 Å². The van der Waals surface area contributed by atoms with E-state index in [-0.39, 0.29) is 17.7 Å². The number of aryl methyl sites for hydroxylation is 2. The average molecular weight is 383 g/mol. The van der Waals surface area contributed by atoms with E-state index in [1.54, 1.807) is 41.8 Å². The van der Waals surface area contributed by atoms with Gasteiger partial charge in [0.05, 0.1) is 29.4 Å². The molecular weight excluding hydrogens is 362 g/mol. The zero-order chi connectivity index (χ0) is 20.3. The summed E-state index contributed by atoms with van der Waals surface area (Å²) in [7, 11) is 0. The van der Waals surface area contributed by atoms with Crippen LogP contribution in [-0.4, -0.2) is 27.5 Å². The van der Waals surface area contributed by atoms with Gasteiger partial charge in [0, 0.05) is 6.54 Å². The van der Waals surface area contributed by atoms with Crippen LogP contribution in [0.5, 0.6) is 0 Å². The SMILES string of the molecule is CCn1c(=O)c(C)nc2cc(C(=O)O[C@H](C)C(=O)NCc3ccco3)ccc21. The van der Waals surface area contributed by atoms with Crippen LogP contribution in [0.25, 0.3) is 11.0 Å². The highest BCUT2D eigenvalue weighted by atomic mass is 16.5. The van der Waals surface area contributed by atoms with E-state index in [0.29, 0.717) is 29.0 Å². The lowest BCUT2D eigenvalue weighted by atomic mass is 10.2. The van der Waals surface area contributed by atoms with Gasteiger partial charge < -0.3 is 19.0 Å². The number of nitrogens with zero attached hydrogens (tertiary/aromatic N) is 2. The Bertz CT molecular complexity index is 1070. The van der Waals surface area contributed by atoms with Crippen molar-refractivity contribution in [1.82, 2.24) is 14.9 Å². The molecule has 0 saturated carbocycles. The molecule has 3 rings (SSSR count). The fourth-order valence-electron chi connectivity index (χ4n) is 2.83. The highest BCUT2D eigenvalue weighted by molar-refractivity contribution is 5.95. The maximum Gasteiger partial charge on any atom is 0.338 e. The van der Waals surface area contributed by atoms with E-state index in [0.717, 1.165) is 0 Å². The number of aromatic nitrogens is 2. The number of hydrogen-bond acceptors (Lipinski definition) is 6. The number of fused-ring (bicyclic) bond motifs is 1. The Morgan fingerprint density at radius 3 is 2.79 bits per heavy atom. The second-order valence-corrected chi connectivity index (χ2v) is 6.29. The Morgan fingerprint density at radius 1 is 1.32 bits per heavy atom. The van der Waals surface area contributed by atoms with Crippen molar-refractivity contribution in [3.05, 3.63) is 64.0 Å². The van der Waals surface area contributed by atoms with Gasteiger partial charge in [-0.2, -0.15) is 0 Å². The first kappa shape index (κ1) is 19.3. The molecule has 1 atom stereocenters. The van der Waals surface area contributed by atoms with Gasteiger partial charge in [0.2, 0.25) is 0 Å². The van der Waals surface area contributed by atoms with E-state index in [1.165, 1.54) is 13.2 Å². The Balaban J connectivity index is 1.73. The molecule has 1 amide bonds. The number of furan rings is 1. The smallest absolute Gasteiger partial charge is 0.338 e. The molecule has 0 radical (unpaired) electrons. The number of amides is 1. The van der Waals surface area contributed by atoms with Crippen molar-refractivity contribution in [2.24, 2.45) is 0 Å². The molecule has 0 aliphatic rings. The van der Waals surface area contributed by atoms with Crippen LogP contribution >= 0.6 is 0 Å². The Labute approximate surface area is 161 Å².